The first-order chi connectivity index (χ1) is 4.36. The smallest absolute Gasteiger partial charge is 0.0894 e. The molecule has 0 aromatic rings. The van der Waals surface area contributed by atoms with Crippen molar-refractivity contribution in [2.45, 2.75) is 20.3 Å². The van der Waals surface area contributed by atoms with Crippen LogP contribution in [0.25, 0.3) is 0 Å². The minimum Gasteiger partial charge on any atom is -0.291 e. The zero-order valence-electron chi connectivity index (χ0n) is 5.96. The molecular weight excluding hydrogens is 112 g/mol. The Bertz CT molecular complexity index is 97.5. The highest BCUT2D eigenvalue weighted by molar-refractivity contribution is 5.64. The van der Waals surface area contributed by atoms with Crippen LogP contribution in [0.15, 0.2) is 5.10 Å². The van der Waals surface area contributed by atoms with Crippen molar-refractivity contribution in [3.05, 3.63) is 6.54 Å². The number of nitrogens with zero attached hydrogens (tertiary/aromatic N) is 2. The zero-order valence-corrected chi connectivity index (χ0v) is 5.96. The van der Waals surface area contributed by atoms with Crippen molar-refractivity contribution < 1.29 is 0 Å². The molecule has 0 saturated carbocycles. The summed E-state index contributed by atoms with van der Waals surface area (Å²) in [6.45, 7) is 7.30. The Kier molecular flexibility index (Phi) is 2.09. The van der Waals surface area contributed by atoms with Gasteiger partial charge in [0.2, 0.25) is 0 Å². The maximum atomic E-state index is 4.03. The zero-order chi connectivity index (χ0) is 6.69. The van der Waals surface area contributed by atoms with Crippen LogP contribution in [0.5, 0.6) is 0 Å². The van der Waals surface area contributed by atoms with Crippen LogP contribution in [0.2, 0.25) is 0 Å². The van der Waals surface area contributed by atoms with Crippen LogP contribution in [0, 0.1) is 12.5 Å². The van der Waals surface area contributed by atoms with Gasteiger partial charge in [0.15, 0.2) is 0 Å². The van der Waals surface area contributed by atoms with Gasteiger partial charge >= 0.3 is 0 Å². The average molecular weight is 124 g/mol. The largest absolute Gasteiger partial charge is 0.291 e. The second kappa shape index (κ2) is 2.85. The Balaban J connectivity index is 2.31. The molecule has 0 saturated heterocycles. The number of hydrogen-bond acceptors (Lipinski definition) is 2. The van der Waals surface area contributed by atoms with Crippen LogP contribution >= 0.6 is 0 Å². The molecule has 1 aliphatic rings. The molecule has 0 spiro atoms. The van der Waals surface area contributed by atoms with Crippen LogP contribution in [-0.2, 0) is 0 Å². The van der Waals surface area contributed by atoms with E-state index in [-0.39, 0.29) is 0 Å². The maximum Gasteiger partial charge on any atom is 0.0894 e. The topological polar surface area (TPSA) is 15.6 Å². The lowest BCUT2D eigenvalue weighted by molar-refractivity contribution is 0.373. The van der Waals surface area contributed by atoms with Crippen molar-refractivity contribution in [2.24, 2.45) is 11.0 Å². The summed E-state index contributed by atoms with van der Waals surface area (Å²) < 4.78 is 0. The second-order valence-electron chi connectivity index (χ2n) is 2.15. The molecule has 1 aliphatic heterocycles. The number of hydrogen-bond donors (Lipinski definition) is 0. The fraction of sp³-hybridized carbons (Fsp3) is 0.714. The summed E-state index contributed by atoms with van der Waals surface area (Å²) >= 11 is 0. The summed E-state index contributed by atoms with van der Waals surface area (Å²) in [5, 5.41) is 5.96. The monoisotopic (exact) mass is 124 g/mol. The van der Waals surface area contributed by atoms with E-state index < -0.39 is 0 Å². The van der Waals surface area contributed by atoms with Gasteiger partial charge in [0.05, 0.1) is 12.8 Å². The van der Waals surface area contributed by atoms with Crippen molar-refractivity contribution >= 4 is 6.21 Å². The van der Waals surface area contributed by atoms with Crippen molar-refractivity contribution in [2.75, 3.05) is 6.54 Å². The standard InChI is InChI=1S/C7H12N2/c1-3-7-5-8-9(4-2)6-7/h6-7H,3-4H2,1-2H3. The van der Waals surface area contributed by atoms with E-state index in [1.54, 1.807) is 0 Å². The third-order valence-corrected chi connectivity index (χ3v) is 1.47. The molecule has 0 amide bonds. The van der Waals surface area contributed by atoms with Gasteiger partial charge in [-0.3, -0.25) is 5.01 Å². The molecule has 0 bridgehead atoms. The Hall–Kier alpha value is -0.530. The van der Waals surface area contributed by atoms with Crippen LogP contribution < -0.4 is 0 Å². The van der Waals surface area contributed by atoms with E-state index in [0.717, 1.165) is 13.0 Å². The highest BCUT2D eigenvalue weighted by atomic mass is 15.5. The normalized spacial score (nSPS) is 25.6. The van der Waals surface area contributed by atoms with E-state index in [1.165, 1.54) is 0 Å². The van der Waals surface area contributed by atoms with Gasteiger partial charge in [0.25, 0.3) is 0 Å². The third kappa shape index (κ3) is 1.44. The molecule has 1 rings (SSSR count). The summed E-state index contributed by atoms with van der Waals surface area (Å²) in [4.78, 5) is 0. The van der Waals surface area contributed by atoms with Gasteiger partial charge in [0.1, 0.15) is 0 Å². The van der Waals surface area contributed by atoms with Gasteiger partial charge in [0, 0.05) is 12.5 Å². The first kappa shape index (κ1) is 6.59. The maximum absolute atomic E-state index is 4.03. The summed E-state index contributed by atoms with van der Waals surface area (Å²) in [5.74, 6) is 0.463. The molecule has 1 atom stereocenters. The minimum absolute atomic E-state index is 0.463. The molecular formula is C7H12N2. The first-order valence-corrected chi connectivity index (χ1v) is 3.44. The highest BCUT2D eigenvalue weighted by Gasteiger charge is 2.14. The molecule has 50 valence electrons. The Morgan fingerprint density at radius 2 is 2.44 bits per heavy atom. The SMILES string of the molecule is CCC1[C]=NN(CC)[CH]1. The van der Waals surface area contributed by atoms with Gasteiger partial charge in [-0.05, 0) is 13.3 Å². The minimum atomic E-state index is 0.463. The van der Waals surface area contributed by atoms with Gasteiger partial charge in [-0.1, -0.05) is 6.92 Å². The van der Waals surface area contributed by atoms with E-state index >= 15 is 0 Å². The molecule has 2 radical (unpaired) electrons. The predicted molar refractivity (Wildman–Crippen MR) is 37.9 cm³/mol. The Morgan fingerprint density at radius 1 is 1.67 bits per heavy atom. The first-order valence-electron chi connectivity index (χ1n) is 3.44. The Morgan fingerprint density at radius 3 is 2.78 bits per heavy atom. The molecule has 0 aliphatic carbocycles. The summed E-state index contributed by atoms with van der Waals surface area (Å²) in [6.07, 6.45) is 4.11. The van der Waals surface area contributed by atoms with Crippen molar-refractivity contribution in [3.8, 4) is 0 Å². The quantitative estimate of drug-likeness (QED) is 0.543. The molecule has 1 heterocycles. The van der Waals surface area contributed by atoms with Crippen LogP contribution in [0.3, 0.4) is 0 Å². The highest BCUT2D eigenvalue weighted by Crippen LogP contribution is 2.14. The van der Waals surface area contributed by atoms with Crippen molar-refractivity contribution in [1.29, 1.82) is 0 Å². The number of rotatable bonds is 2. The molecule has 9 heavy (non-hydrogen) atoms. The van der Waals surface area contributed by atoms with E-state index in [1.807, 2.05) is 5.01 Å². The van der Waals surface area contributed by atoms with Crippen LogP contribution in [-0.4, -0.2) is 17.8 Å². The summed E-state index contributed by atoms with van der Waals surface area (Å²) in [7, 11) is 0. The second-order valence-corrected chi connectivity index (χ2v) is 2.15. The average Bonchev–Trinajstić information content (AvgIpc) is 2.34. The van der Waals surface area contributed by atoms with E-state index in [4.69, 9.17) is 0 Å². The summed E-state index contributed by atoms with van der Waals surface area (Å²) in [5.41, 5.74) is 0. The molecule has 0 N–H and O–H groups in total. The predicted octanol–water partition coefficient (Wildman–Crippen LogP) is 1.37. The Labute approximate surface area is 56.5 Å². The van der Waals surface area contributed by atoms with Crippen molar-refractivity contribution in [1.82, 2.24) is 5.01 Å². The molecule has 0 aromatic carbocycles. The van der Waals surface area contributed by atoms with Gasteiger partial charge in [-0.15, -0.1) is 0 Å². The molecule has 1 unspecified atom stereocenters. The molecule has 0 aromatic heterocycles. The fourth-order valence-electron chi connectivity index (χ4n) is 0.796. The lowest BCUT2D eigenvalue weighted by Gasteiger charge is -2.09. The van der Waals surface area contributed by atoms with Gasteiger partial charge in [-0.25, -0.2) is 0 Å². The van der Waals surface area contributed by atoms with Crippen molar-refractivity contribution in [3.63, 3.8) is 0 Å². The lowest BCUT2D eigenvalue weighted by atomic mass is 10.1. The third-order valence-electron chi connectivity index (χ3n) is 1.47. The van der Waals surface area contributed by atoms with Gasteiger partial charge < -0.3 is 0 Å². The van der Waals surface area contributed by atoms with Crippen LogP contribution in [0.4, 0.5) is 0 Å². The summed E-state index contributed by atoms with van der Waals surface area (Å²) in [6, 6.07) is 0. The molecule has 2 nitrogen and oxygen atoms in total. The fourth-order valence-corrected chi connectivity index (χ4v) is 0.796. The van der Waals surface area contributed by atoms with Crippen LogP contribution in [0.1, 0.15) is 20.3 Å². The van der Waals surface area contributed by atoms with E-state index in [2.05, 4.69) is 31.7 Å². The number of hydrazone groups is 1. The molecule has 0 fully saturated rings. The van der Waals surface area contributed by atoms with E-state index in [9.17, 15) is 0 Å². The molecule has 2 heteroatoms. The van der Waals surface area contributed by atoms with Gasteiger partial charge in [-0.2, -0.15) is 5.10 Å². The lowest BCUT2D eigenvalue weighted by Crippen LogP contribution is -2.11. The van der Waals surface area contributed by atoms with E-state index in [0.29, 0.717) is 5.92 Å².